The lowest BCUT2D eigenvalue weighted by Crippen LogP contribution is -1.37. The van der Waals surface area contributed by atoms with Gasteiger partial charge in [-0.05, 0) is 6.42 Å². The third-order valence-electron chi connectivity index (χ3n) is 0.655. The predicted octanol–water partition coefficient (Wildman–Crippen LogP) is 2.36. The van der Waals surface area contributed by atoms with E-state index in [4.69, 9.17) is 0 Å². The maximum Gasteiger partial charge on any atom is 0.0108 e. The summed E-state index contributed by atoms with van der Waals surface area (Å²) in [5.41, 5.74) is 0. The summed E-state index contributed by atoms with van der Waals surface area (Å²) in [7, 11) is 0. The number of alkyl halides is 1. The van der Waals surface area contributed by atoms with Gasteiger partial charge in [0.2, 0.25) is 0 Å². The van der Waals surface area contributed by atoms with Crippen LogP contribution in [0.4, 0.5) is 0 Å². The van der Waals surface area contributed by atoms with Crippen LogP contribution in [0.3, 0.4) is 0 Å². The van der Waals surface area contributed by atoms with Crippen LogP contribution in [-0.2, 0) is 0 Å². The van der Waals surface area contributed by atoms with Gasteiger partial charge < -0.3 is 0 Å². The normalized spacial score (nSPS) is 13.4. The summed E-state index contributed by atoms with van der Waals surface area (Å²) in [6.45, 7) is 0. The molecule has 0 N–H and O–H groups in total. The van der Waals surface area contributed by atoms with E-state index in [0.717, 1.165) is 6.42 Å². The van der Waals surface area contributed by atoms with E-state index in [1.165, 1.54) is 6.38 Å². The molecule has 0 amide bonds. The first-order valence-electron chi connectivity index (χ1n) is 2.19. The summed E-state index contributed by atoms with van der Waals surface area (Å²) in [5.74, 6) is 0. The summed E-state index contributed by atoms with van der Waals surface area (Å²) in [6, 6.07) is 0. The maximum absolute atomic E-state index is 4.64. The Morgan fingerprint density at radius 2 is 1.57 bits per heavy atom. The van der Waals surface area contributed by atoms with Crippen molar-refractivity contribution in [3.63, 3.8) is 0 Å². The van der Waals surface area contributed by atoms with Crippen molar-refractivity contribution in [2.24, 2.45) is 0 Å². The summed E-state index contributed by atoms with van der Waals surface area (Å²) < 4.78 is 0. The molecule has 0 spiro atoms. The second-order valence-electron chi connectivity index (χ2n) is 1.09. The van der Waals surface area contributed by atoms with Crippen LogP contribution in [0.25, 0.3) is 0 Å². The van der Waals surface area contributed by atoms with E-state index in [1.54, 1.807) is 0 Å². The molecule has 1 rings (SSSR count). The molecule has 0 bridgehead atoms. The molecule has 0 heterocycles. The molecule has 0 aromatic heterocycles. The number of hydrogen-bond acceptors (Lipinski definition) is 0. The second-order valence-corrected chi connectivity index (χ2v) is 1.09. The van der Waals surface area contributed by atoms with Gasteiger partial charge in [0.05, 0.1) is 0 Å². The van der Waals surface area contributed by atoms with E-state index in [-0.39, 0.29) is 0 Å². The van der Waals surface area contributed by atoms with E-state index in [2.05, 4.69) is 35.9 Å². The third-order valence-corrected chi connectivity index (χ3v) is 0.655. The van der Waals surface area contributed by atoms with Crippen LogP contribution in [0.15, 0.2) is 24.3 Å². The lowest BCUT2D eigenvalue weighted by molar-refractivity contribution is 1.45. The molecule has 0 radical (unpaired) electrons. The molecule has 0 aromatic rings. The molecule has 0 fully saturated rings. The number of hydrogen-bond donors (Lipinski definition) is 0. The topological polar surface area (TPSA) is 0 Å². The van der Waals surface area contributed by atoms with E-state index < -0.39 is 0 Å². The fraction of sp³-hybridized carbons (Fsp3) is 0.333. The molecule has 0 unspecified atom stereocenters. The highest BCUT2D eigenvalue weighted by atomic mass is 35.5. The molecule has 0 nitrogen and oxygen atoms in total. The minimum absolute atomic E-state index is 1.14. The minimum atomic E-state index is 1.14. The molecule has 1 aliphatic rings. The summed E-state index contributed by atoms with van der Waals surface area (Å²) in [6.07, 6.45) is 11.0. The molecule has 0 saturated heterocycles. The van der Waals surface area contributed by atoms with Crippen LogP contribution in [0, 0.1) is 0 Å². The Balaban J connectivity index is 0.000000162. The van der Waals surface area contributed by atoms with Crippen LogP contribution in [0.1, 0.15) is 6.42 Å². The zero-order valence-corrected chi connectivity index (χ0v) is 5.15. The van der Waals surface area contributed by atoms with Gasteiger partial charge in [-0.1, -0.05) is 24.3 Å². The van der Waals surface area contributed by atoms with Gasteiger partial charge >= 0.3 is 0 Å². The smallest absolute Gasteiger partial charge is 0.0108 e. The Kier molecular flexibility index (Phi) is 5.58. The zero-order chi connectivity index (χ0) is 5.54. The van der Waals surface area contributed by atoms with Gasteiger partial charge in [-0.3, -0.25) is 0 Å². The van der Waals surface area contributed by atoms with Gasteiger partial charge in [0.1, 0.15) is 0 Å². The fourth-order valence-corrected chi connectivity index (χ4v) is 0.393. The van der Waals surface area contributed by atoms with Crippen molar-refractivity contribution in [2.75, 3.05) is 6.38 Å². The van der Waals surface area contributed by atoms with Gasteiger partial charge in [-0.25, -0.2) is 0 Å². The summed E-state index contributed by atoms with van der Waals surface area (Å²) in [4.78, 5) is 0. The van der Waals surface area contributed by atoms with Crippen molar-refractivity contribution in [3.05, 3.63) is 24.3 Å². The Bertz CT molecular complexity index is 62.2. The van der Waals surface area contributed by atoms with Crippen LogP contribution >= 0.6 is 11.6 Å². The molecule has 40 valence electrons. The molecule has 0 saturated carbocycles. The molecule has 0 aromatic carbocycles. The average molecular weight is 117 g/mol. The molecular weight excluding hydrogens is 108 g/mol. The number of halogens is 1. The highest BCUT2D eigenvalue weighted by Gasteiger charge is 1.72. The van der Waals surface area contributed by atoms with Crippen LogP contribution in [0.5, 0.6) is 0 Å². The SMILES string of the molecule is C1=CCC=C1.CCl. The zero-order valence-electron chi connectivity index (χ0n) is 4.39. The van der Waals surface area contributed by atoms with Crippen molar-refractivity contribution in [2.45, 2.75) is 6.42 Å². The van der Waals surface area contributed by atoms with E-state index in [1.807, 2.05) is 0 Å². The number of rotatable bonds is 0. The van der Waals surface area contributed by atoms with E-state index in [9.17, 15) is 0 Å². The first kappa shape index (κ1) is 6.77. The number of allylic oxidation sites excluding steroid dienone is 4. The molecule has 7 heavy (non-hydrogen) atoms. The molecule has 1 aliphatic carbocycles. The Labute approximate surface area is 49.5 Å². The van der Waals surface area contributed by atoms with Gasteiger partial charge in [0.25, 0.3) is 0 Å². The molecule has 0 atom stereocenters. The van der Waals surface area contributed by atoms with Crippen molar-refractivity contribution >= 4 is 11.6 Å². The maximum atomic E-state index is 4.64. The first-order chi connectivity index (χ1) is 3.50. The average Bonchev–Trinajstić information content (AvgIpc) is 2.23. The van der Waals surface area contributed by atoms with E-state index in [0.29, 0.717) is 0 Å². The summed E-state index contributed by atoms with van der Waals surface area (Å²) >= 11 is 4.64. The molecular formula is C6H9Cl. The largest absolute Gasteiger partial charge is 0.130 e. The van der Waals surface area contributed by atoms with Gasteiger partial charge in [-0.2, -0.15) is 0 Å². The predicted molar refractivity (Wildman–Crippen MR) is 34.7 cm³/mol. The van der Waals surface area contributed by atoms with Crippen molar-refractivity contribution in [1.82, 2.24) is 0 Å². The molecule has 0 aliphatic heterocycles. The van der Waals surface area contributed by atoms with Crippen molar-refractivity contribution in [3.8, 4) is 0 Å². The van der Waals surface area contributed by atoms with Gasteiger partial charge in [0, 0.05) is 6.38 Å². The fourth-order valence-electron chi connectivity index (χ4n) is 0.393. The Morgan fingerprint density at radius 1 is 1.14 bits per heavy atom. The van der Waals surface area contributed by atoms with Crippen molar-refractivity contribution in [1.29, 1.82) is 0 Å². The third kappa shape index (κ3) is 3.60. The van der Waals surface area contributed by atoms with Crippen LogP contribution in [-0.4, -0.2) is 6.38 Å². The second kappa shape index (κ2) is 5.77. The highest BCUT2D eigenvalue weighted by molar-refractivity contribution is 6.15. The van der Waals surface area contributed by atoms with Gasteiger partial charge in [-0.15, -0.1) is 11.6 Å². The Morgan fingerprint density at radius 3 is 1.71 bits per heavy atom. The van der Waals surface area contributed by atoms with E-state index >= 15 is 0 Å². The lowest BCUT2D eigenvalue weighted by Gasteiger charge is -1.57. The summed E-state index contributed by atoms with van der Waals surface area (Å²) in [5, 5.41) is 0. The van der Waals surface area contributed by atoms with Crippen LogP contribution < -0.4 is 0 Å². The monoisotopic (exact) mass is 116 g/mol. The molecule has 1 heteroatoms. The minimum Gasteiger partial charge on any atom is -0.130 e. The Hall–Kier alpha value is -0.230. The standard InChI is InChI=1S/C5H6.CH3Cl/c1-2-4-5-3-1;1-2/h1-4H,5H2;1H3. The highest BCUT2D eigenvalue weighted by Crippen LogP contribution is 1.93. The van der Waals surface area contributed by atoms with Crippen molar-refractivity contribution < 1.29 is 0 Å². The van der Waals surface area contributed by atoms with Crippen LogP contribution in [0.2, 0.25) is 0 Å². The van der Waals surface area contributed by atoms with Gasteiger partial charge in [0.15, 0.2) is 0 Å². The quantitative estimate of drug-likeness (QED) is 0.427. The lowest BCUT2D eigenvalue weighted by atomic mass is 10.5. The first-order valence-corrected chi connectivity index (χ1v) is 2.95.